The minimum absolute atomic E-state index is 0.0113. The Bertz CT molecular complexity index is 540. The van der Waals surface area contributed by atoms with E-state index in [0.717, 1.165) is 6.07 Å². The average Bonchev–Trinajstić information content (AvgIpc) is 2.44. The fourth-order valence-corrected chi connectivity index (χ4v) is 1.79. The number of nitro groups is 1. The Labute approximate surface area is 115 Å². The molecule has 0 aliphatic carbocycles. The number of hydrogen-bond acceptors (Lipinski definition) is 6. The van der Waals surface area contributed by atoms with Crippen molar-refractivity contribution in [3.05, 3.63) is 33.4 Å². The van der Waals surface area contributed by atoms with Crippen LogP contribution in [0.15, 0.2) is 12.1 Å². The molecule has 0 aliphatic rings. The van der Waals surface area contributed by atoms with E-state index in [-0.39, 0.29) is 29.2 Å². The van der Waals surface area contributed by atoms with Crippen LogP contribution < -0.4 is 4.74 Å². The van der Waals surface area contributed by atoms with E-state index in [1.165, 1.54) is 20.1 Å². The fourth-order valence-electron chi connectivity index (χ4n) is 1.79. The van der Waals surface area contributed by atoms with Crippen LogP contribution in [0.5, 0.6) is 5.75 Å². The van der Waals surface area contributed by atoms with Crippen LogP contribution in [-0.4, -0.2) is 30.9 Å². The van der Waals surface area contributed by atoms with Crippen LogP contribution in [0.3, 0.4) is 0 Å². The Morgan fingerprint density at radius 2 is 2.15 bits per heavy atom. The summed E-state index contributed by atoms with van der Waals surface area (Å²) in [6.45, 7) is 3.30. The molecule has 0 saturated heterocycles. The highest BCUT2D eigenvalue weighted by Crippen LogP contribution is 2.35. The van der Waals surface area contributed by atoms with E-state index in [9.17, 15) is 19.7 Å². The number of methoxy groups -OCH3 is 1. The Hall–Kier alpha value is -2.44. The predicted octanol–water partition coefficient (Wildman–Crippen LogP) is 2.08. The minimum Gasteiger partial charge on any atom is -0.496 e. The molecule has 0 aliphatic heterocycles. The topological polar surface area (TPSA) is 95.7 Å². The maximum absolute atomic E-state index is 11.7. The average molecular weight is 281 g/mol. The van der Waals surface area contributed by atoms with Gasteiger partial charge in [0, 0.05) is 12.0 Å². The van der Waals surface area contributed by atoms with Gasteiger partial charge in [-0.15, -0.1) is 0 Å². The third kappa shape index (κ3) is 3.11. The molecule has 1 rings (SSSR count). The van der Waals surface area contributed by atoms with Gasteiger partial charge in [0.2, 0.25) is 0 Å². The molecule has 0 heterocycles. The van der Waals surface area contributed by atoms with E-state index in [1.54, 1.807) is 6.92 Å². The summed E-state index contributed by atoms with van der Waals surface area (Å²) in [5.41, 5.74) is -0.190. The summed E-state index contributed by atoms with van der Waals surface area (Å²) >= 11 is 0. The first-order valence-corrected chi connectivity index (χ1v) is 5.94. The standard InChI is InChI=1S/C13H15NO6/c1-4-20-13(16)9-5-10(14(17)18)12(8(2)7-15)11(6-9)19-3/h5-8H,4H2,1-3H3. The lowest BCUT2D eigenvalue weighted by Gasteiger charge is -2.13. The van der Waals surface area contributed by atoms with Crippen molar-refractivity contribution in [1.29, 1.82) is 0 Å². The third-order valence-corrected chi connectivity index (χ3v) is 2.71. The van der Waals surface area contributed by atoms with Crippen molar-refractivity contribution in [2.45, 2.75) is 19.8 Å². The van der Waals surface area contributed by atoms with E-state index in [1.807, 2.05) is 0 Å². The zero-order chi connectivity index (χ0) is 15.3. The van der Waals surface area contributed by atoms with E-state index >= 15 is 0 Å². The molecule has 20 heavy (non-hydrogen) atoms. The van der Waals surface area contributed by atoms with Crippen LogP contribution in [0.1, 0.15) is 35.7 Å². The monoisotopic (exact) mass is 281 g/mol. The van der Waals surface area contributed by atoms with Gasteiger partial charge in [-0.05, 0) is 13.0 Å². The first-order valence-electron chi connectivity index (χ1n) is 5.94. The molecular formula is C13H15NO6. The normalized spacial score (nSPS) is 11.6. The molecule has 1 aromatic rings. The molecule has 0 aromatic heterocycles. The number of carbonyl (C=O) groups excluding carboxylic acids is 2. The second-order valence-corrected chi connectivity index (χ2v) is 4.01. The number of nitrogens with zero attached hydrogens (tertiary/aromatic N) is 1. The Morgan fingerprint density at radius 1 is 1.50 bits per heavy atom. The van der Waals surface area contributed by atoms with Gasteiger partial charge in [-0.2, -0.15) is 0 Å². The molecule has 0 fully saturated rings. The van der Waals surface area contributed by atoms with E-state index < -0.39 is 16.8 Å². The van der Waals surface area contributed by atoms with Crippen molar-refractivity contribution in [3.63, 3.8) is 0 Å². The highest BCUT2D eigenvalue weighted by molar-refractivity contribution is 5.91. The van der Waals surface area contributed by atoms with Crippen LogP contribution >= 0.6 is 0 Å². The summed E-state index contributed by atoms with van der Waals surface area (Å²) in [6.07, 6.45) is 0.578. The third-order valence-electron chi connectivity index (χ3n) is 2.71. The number of esters is 1. The van der Waals surface area contributed by atoms with Gasteiger partial charge in [-0.25, -0.2) is 4.79 Å². The summed E-state index contributed by atoms with van der Waals surface area (Å²) < 4.78 is 9.86. The summed E-state index contributed by atoms with van der Waals surface area (Å²) in [7, 11) is 1.31. The maximum Gasteiger partial charge on any atom is 0.338 e. The van der Waals surface area contributed by atoms with Crippen molar-refractivity contribution in [3.8, 4) is 5.75 Å². The lowest BCUT2D eigenvalue weighted by molar-refractivity contribution is -0.385. The molecule has 0 N–H and O–H groups in total. The Balaban J connectivity index is 3.50. The summed E-state index contributed by atoms with van der Waals surface area (Å²) in [4.78, 5) is 33.0. The number of aldehydes is 1. The maximum atomic E-state index is 11.7. The number of carbonyl (C=O) groups is 2. The highest BCUT2D eigenvalue weighted by atomic mass is 16.6. The molecule has 7 heteroatoms. The van der Waals surface area contributed by atoms with Crippen molar-refractivity contribution < 1.29 is 24.0 Å². The molecule has 1 aromatic carbocycles. The summed E-state index contributed by atoms with van der Waals surface area (Å²) in [6, 6.07) is 2.43. The number of benzene rings is 1. The second-order valence-electron chi connectivity index (χ2n) is 4.01. The first kappa shape index (κ1) is 15.6. The molecule has 1 unspecified atom stereocenters. The van der Waals surface area contributed by atoms with Crippen LogP contribution in [-0.2, 0) is 9.53 Å². The molecule has 0 bridgehead atoms. The summed E-state index contributed by atoms with van der Waals surface area (Å²) in [5.74, 6) is -1.29. The summed E-state index contributed by atoms with van der Waals surface area (Å²) in [5, 5.41) is 11.1. The molecule has 7 nitrogen and oxygen atoms in total. The first-order chi connectivity index (χ1) is 9.46. The molecule has 108 valence electrons. The highest BCUT2D eigenvalue weighted by Gasteiger charge is 2.26. The molecule has 1 atom stereocenters. The van der Waals surface area contributed by atoms with Crippen molar-refractivity contribution in [2.75, 3.05) is 13.7 Å². The Morgan fingerprint density at radius 3 is 2.60 bits per heavy atom. The van der Waals surface area contributed by atoms with E-state index in [2.05, 4.69) is 0 Å². The SMILES string of the molecule is CCOC(=O)c1cc(OC)c(C(C)C=O)c([N+](=O)[O-])c1. The van der Waals surface area contributed by atoms with Gasteiger partial charge in [0.15, 0.2) is 0 Å². The minimum atomic E-state index is -0.721. The van der Waals surface area contributed by atoms with Gasteiger partial charge in [0.1, 0.15) is 12.0 Å². The lowest BCUT2D eigenvalue weighted by Crippen LogP contribution is -2.09. The molecular weight excluding hydrogens is 266 g/mol. The van der Waals surface area contributed by atoms with Crippen LogP contribution in [0, 0.1) is 10.1 Å². The number of nitro benzene ring substituents is 1. The second kappa shape index (κ2) is 6.65. The molecule has 0 amide bonds. The zero-order valence-corrected chi connectivity index (χ0v) is 11.4. The smallest absolute Gasteiger partial charge is 0.338 e. The van der Waals surface area contributed by atoms with Crippen LogP contribution in [0.4, 0.5) is 5.69 Å². The number of rotatable bonds is 6. The molecule has 0 radical (unpaired) electrons. The van der Waals surface area contributed by atoms with Crippen LogP contribution in [0.25, 0.3) is 0 Å². The van der Waals surface area contributed by atoms with E-state index in [4.69, 9.17) is 9.47 Å². The predicted molar refractivity (Wildman–Crippen MR) is 70.1 cm³/mol. The largest absolute Gasteiger partial charge is 0.496 e. The van der Waals surface area contributed by atoms with Crippen molar-refractivity contribution >= 4 is 17.9 Å². The quantitative estimate of drug-likeness (QED) is 0.343. The zero-order valence-electron chi connectivity index (χ0n) is 11.4. The molecule has 0 saturated carbocycles. The van der Waals surface area contributed by atoms with Crippen molar-refractivity contribution in [2.24, 2.45) is 0 Å². The molecule has 0 spiro atoms. The Kier molecular flexibility index (Phi) is 5.19. The van der Waals surface area contributed by atoms with Crippen molar-refractivity contribution in [1.82, 2.24) is 0 Å². The van der Waals surface area contributed by atoms with E-state index in [0.29, 0.717) is 6.29 Å². The number of hydrogen-bond donors (Lipinski definition) is 0. The lowest BCUT2D eigenvalue weighted by atomic mass is 9.97. The van der Waals surface area contributed by atoms with Gasteiger partial charge in [-0.3, -0.25) is 10.1 Å². The van der Waals surface area contributed by atoms with Gasteiger partial charge in [0.25, 0.3) is 5.69 Å². The van der Waals surface area contributed by atoms with Gasteiger partial charge >= 0.3 is 5.97 Å². The number of ether oxygens (including phenoxy) is 2. The van der Waals surface area contributed by atoms with Gasteiger partial charge in [0.05, 0.1) is 29.8 Å². The van der Waals surface area contributed by atoms with Gasteiger partial charge < -0.3 is 14.3 Å². The fraction of sp³-hybridized carbons (Fsp3) is 0.385. The van der Waals surface area contributed by atoms with Gasteiger partial charge in [-0.1, -0.05) is 6.92 Å². The van der Waals surface area contributed by atoms with Crippen LogP contribution in [0.2, 0.25) is 0 Å².